The SMILES string of the molecule is COC(=O)c1ccc(NC(C)C)c(Br)c1. The van der Waals surface area contributed by atoms with Crippen molar-refractivity contribution in [3.05, 3.63) is 28.2 Å². The van der Waals surface area contributed by atoms with Gasteiger partial charge in [0, 0.05) is 16.2 Å². The summed E-state index contributed by atoms with van der Waals surface area (Å²) in [5, 5.41) is 3.26. The minimum absolute atomic E-state index is 0.327. The second-order valence-corrected chi connectivity index (χ2v) is 4.34. The molecule has 1 rings (SSSR count). The molecule has 0 saturated carbocycles. The van der Waals surface area contributed by atoms with Gasteiger partial charge in [-0.25, -0.2) is 4.79 Å². The van der Waals surface area contributed by atoms with Crippen LogP contribution >= 0.6 is 15.9 Å². The number of hydrogen-bond donors (Lipinski definition) is 1. The van der Waals surface area contributed by atoms with Crippen LogP contribution in [0.25, 0.3) is 0 Å². The molecule has 1 aromatic rings. The van der Waals surface area contributed by atoms with Gasteiger partial charge in [0.15, 0.2) is 0 Å². The van der Waals surface area contributed by atoms with Crippen LogP contribution in [0.4, 0.5) is 5.69 Å². The van der Waals surface area contributed by atoms with Crippen molar-refractivity contribution >= 4 is 27.6 Å². The van der Waals surface area contributed by atoms with Crippen molar-refractivity contribution in [1.82, 2.24) is 0 Å². The molecule has 0 radical (unpaired) electrons. The zero-order chi connectivity index (χ0) is 11.4. The van der Waals surface area contributed by atoms with E-state index in [1.54, 1.807) is 12.1 Å². The molecule has 0 aliphatic rings. The predicted molar refractivity (Wildman–Crippen MR) is 64.2 cm³/mol. The maximum Gasteiger partial charge on any atom is 0.337 e. The summed E-state index contributed by atoms with van der Waals surface area (Å²) in [6.45, 7) is 4.11. The molecule has 0 bridgehead atoms. The minimum Gasteiger partial charge on any atom is -0.465 e. The highest BCUT2D eigenvalue weighted by Crippen LogP contribution is 2.24. The highest BCUT2D eigenvalue weighted by molar-refractivity contribution is 9.10. The predicted octanol–water partition coefficient (Wildman–Crippen LogP) is 3.06. The van der Waals surface area contributed by atoms with Gasteiger partial charge in [-0.2, -0.15) is 0 Å². The van der Waals surface area contributed by atoms with E-state index in [4.69, 9.17) is 0 Å². The lowest BCUT2D eigenvalue weighted by Crippen LogP contribution is -2.10. The Kier molecular flexibility index (Phi) is 4.15. The van der Waals surface area contributed by atoms with Gasteiger partial charge in [0.25, 0.3) is 0 Å². The normalized spacial score (nSPS) is 10.2. The molecular formula is C11H14BrNO2. The van der Waals surface area contributed by atoms with E-state index in [-0.39, 0.29) is 5.97 Å². The van der Waals surface area contributed by atoms with E-state index in [1.165, 1.54) is 7.11 Å². The van der Waals surface area contributed by atoms with Crippen LogP contribution in [0.15, 0.2) is 22.7 Å². The van der Waals surface area contributed by atoms with Crippen molar-refractivity contribution in [2.45, 2.75) is 19.9 Å². The Bertz CT molecular complexity index is 364. The molecule has 0 aliphatic heterocycles. The lowest BCUT2D eigenvalue weighted by atomic mass is 10.2. The third kappa shape index (κ3) is 3.23. The Labute approximate surface area is 97.9 Å². The molecule has 1 aromatic carbocycles. The lowest BCUT2D eigenvalue weighted by molar-refractivity contribution is 0.0600. The first-order chi connectivity index (χ1) is 7.04. The zero-order valence-corrected chi connectivity index (χ0v) is 10.6. The second-order valence-electron chi connectivity index (χ2n) is 3.49. The van der Waals surface area contributed by atoms with Gasteiger partial charge >= 0.3 is 5.97 Å². The largest absolute Gasteiger partial charge is 0.465 e. The molecule has 0 aliphatic carbocycles. The van der Waals surface area contributed by atoms with Gasteiger partial charge in [-0.1, -0.05) is 0 Å². The van der Waals surface area contributed by atoms with E-state index >= 15 is 0 Å². The number of methoxy groups -OCH3 is 1. The molecule has 0 amide bonds. The van der Waals surface area contributed by atoms with E-state index in [9.17, 15) is 4.79 Å². The Hall–Kier alpha value is -1.03. The van der Waals surface area contributed by atoms with Crippen molar-refractivity contribution in [3.63, 3.8) is 0 Å². The first-order valence-electron chi connectivity index (χ1n) is 4.69. The Morgan fingerprint density at radius 1 is 1.47 bits per heavy atom. The number of esters is 1. The number of carbonyl (C=O) groups excluding carboxylic acids is 1. The lowest BCUT2D eigenvalue weighted by Gasteiger charge is -2.12. The number of hydrogen-bond acceptors (Lipinski definition) is 3. The fourth-order valence-corrected chi connectivity index (χ4v) is 1.68. The molecule has 0 heterocycles. The van der Waals surface area contributed by atoms with Crippen molar-refractivity contribution in [1.29, 1.82) is 0 Å². The standard InChI is InChI=1S/C11H14BrNO2/c1-7(2)13-10-5-4-8(6-9(10)12)11(14)15-3/h4-7,13H,1-3H3. The van der Waals surface area contributed by atoms with Crippen LogP contribution in [-0.4, -0.2) is 19.1 Å². The summed E-state index contributed by atoms with van der Waals surface area (Å²) in [5.41, 5.74) is 1.51. The fourth-order valence-electron chi connectivity index (χ4n) is 1.19. The van der Waals surface area contributed by atoms with Gasteiger partial charge in [-0.05, 0) is 48.0 Å². The zero-order valence-electron chi connectivity index (χ0n) is 9.00. The summed E-state index contributed by atoms with van der Waals surface area (Å²) in [6.07, 6.45) is 0. The monoisotopic (exact) mass is 271 g/mol. The van der Waals surface area contributed by atoms with E-state index in [2.05, 4.69) is 39.8 Å². The molecule has 3 nitrogen and oxygen atoms in total. The van der Waals surface area contributed by atoms with Gasteiger partial charge in [0.2, 0.25) is 0 Å². The van der Waals surface area contributed by atoms with Crippen molar-refractivity contribution in [2.24, 2.45) is 0 Å². The molecule has 0 aromatic heterocycles. The maximum atomic E-state index is 11.2. The Morgan fingerprint density at radius 2 is 2.13 bits per heavy atom. The summed E-state index contributed by atoms with van der Waals surface area (Å²) in [4.78, 5) is 11.2. The summed E-state index contributed by atoms with van der Waals surface area (Å²) in [5.74, 6) is -0.327. The van der Waals surface area contributed by atoms with Crippen LogP contribution in [-0.2, 0) is 4.74 Å². The first-order valence-corrected chi connectivity index (χ1v) is 5.48. The minimum atomic E-state index is -0.327. The van der Waals surface area contributed by atoms with Gasteiger partial charge in [0.05, 0.1) is 12.7 Å². The maximum absolute atomic E-state index is 11.2. The van der Waals surface area contributed by atoms with E-state index in [0.717, 1.165) is 10.2 Å². The summed E-state index contributed by atoms with van der Waals surface area (Å²) in [7, 11) is 1.37. The third-order valence-corrected chi connectivity index (χ3v) is 2.49. The molecule has 0 spiro atoms. The number of rotatable bonds is 3. The molecule has 15 heavy (non-hydrogen) atoms. The molecule has 0 fully saturated rings. The third-order valence-electron chi connectivity index (χ3n) is 1.83. The van der Waals surface area contributed by atoms with Crippen LogP contribution in [0.3, 0.4) is 0 Å². The van der Waals surface area contributed by atoms with Crippen LogP contribution < -0.4 is 5.32 Å². The summed E-state index contributed by atoms with van der Waals surface area (Å²) in [6, 6.07) is 5.69. The van der Waals surface area contributed by atoms with Gasteiger partial charge in [-0.3, -0.25) is 0 Å². The van der Waals surface area contributed by atoms with Crippen molar-refractivity contribution in [2.75, 3.05) is 12.4 Å². The van der Waals surface area contributed by atoms with Crippen LogP contribution in [0.5, 0.6) is 0 Å². The van der Waals surface area contributed by atoms with Gasteiger partial charge in [0.1, 0.15) is 0 Å². The number of halogens is 1. The van der Waals surface area contributed by atoms with Crippen LogP contribution in [0, 0.1) is 0 Å². The molecule has 4 heteroatoms. The topological polar surface area (TPSA) is 38.3 Å². The number of nitrogens with one attached hydrogen (secondary N) is 1. The molecule has 0 unspecified atom stereocenters. The molecule has 82 valence electrons. The Morgan fingerprint density at radius 3 is 2.60 bits per heavy atom. The van der Waals surface area contributed by atoms with E-state index < -0.39 is 0 Å². The van der Waals surface area contributed by atoms with Crippen LogP contribution in [0.1, 0.15) is 24.2 Å². The van der Waals surface area contributed by atoms with Crippen molar-refractivity contribution in [3.8, 4) is 0 Å². The number of benzene rings is 1. The Balaban J connectivity index is 2.93. The first kappa shape index (κ1) is 12.0. The summed E-state index contributed by atoms with van der Waals surface area (Å²) < 4.78 is 5.49. The second kappa shape index (κ2) is 5.16. The van der Waals surface area contributed by atoms with Crippen molar-refractivity contribution < 1.29 is 9.53 Å². The van der Waals surface area contributed by atoms with Crippen LogP contribution in [0.2, 0.25) is 0 Å². The highest BCUT2D eigenvalue weighted by atomic mass is 79.9. The van der Waals surface area contributed by atoms with Gasteiger partial charge in [-0.15, -0.1) is 0 Å². The molecule has 0 atom stereocenters. The summed E-state index contributed by atoms with van der Waals surface area (Å²) >= 11 is 3.40. The average molecular weight is 272 g/mol. The molecular weight excluding hydrogens is 258 g/mol. The number of anilines is 1. The highest BCUT2D eigenvalue weighted by Gasteiger charge is 2.08. The molecule has 1 N–H and O–H groups in total. The van der Waals surface area contributed by atoms with E-state index in [1.807, 2.05) is 6.07 Å². The van der Waals surface area contributed by atoms with Gasteiger partial charge < -0.3 is 10.1 Å². The molecule has 0 saturated heterocycles. The average Bonchev–Trinajstić information content (AvgIpc) is 2.19. The quantitative estimate of drug-likeness (QED) is 0.859. The fraction of sp³-hybridized carbons (Fsp3) is 0.364. The smallest absolute Gasteiger partial charge is 0.337 e. The number of carbonyl (C=O) groups is 1. The van der Waals surface area contributed by atoms with E-state index in [0.29, 0.717) is 11.6 Å². The number of ether oxygens (including phenoxy) is 1.